The van der Waals surface area contributed by atoms with Crippen molar-refractivity contribution in [1.82, 2.24) is 4.90 Å². The summed E-state index contributed by atoms with van der Waals surface area (Å²) in [6, 6.07) is 0. The van der Waals surface area contributed by atoms with Crippen molar-refractivity contribution in [3.63, 3.8) is 0 Å². The molecule has 0 bridgehead atoms. The van der Waals surface area contributed by atoms with E-state index in [1.54, 1.807) is 11.9 Å². The quantitative estimate of drug-likeness (QED) is 0.614. The zero-order valence-corrected chi connectivity index (χ0v) is 11.5. The number of hydrogen-bond donors (Lipinski definition) is 0. The Morgan fingerprint density at radius 2 is 1.94 bits per heavy atom. The summed E-state index contributed by atoms with van der Waals surface area (Å²) in [5.74, 6) is -0.0336. The van der Waals surface area contributed by atoms with Crippen LogP contribution in [0.15, 0.2) is 0 Å². The molecule has 17 heavy (non-hydrogen) atoms. The summed E-state index contributed by atoms with van der Waals surface area (Å²) < 4.78 is 4.56. The van der Waals surface area contributed by atoms with Crippen molar-refractivity contribution in [2.45, 2.75) is 46.0 Å². The van der Waals surface area contributed by atoms with Gasteiger partial charge in [0.05, 0.1) is 13.5 Å². The highest BCUT2D eigenvalue weighted by Gasteiger charge is 2.20. The van der Waals surface area contributed by atoms with E-state index in [2.05, 4.69) is 11.7 Å². The molecule has 0 aliphatic carbocycles. The van der Waals surface area contributed by atoms with Crippen molar-refractivity contribution in [2.75, 3.05) is 20.7 Å². The van der Waals surface area contributed by atoms with Crippen molar-refractivity contribution < 1.29 is 14.3 Å². The van der Waals surface area contributed by atoms with E-state index in [0.29, 0.717) is 6.54 Å². The van der Waals surface area contributed by atoms with Crippen molar-refractivity contribution in [3.8, 4) is 0 Å². The molecule has 100 valence electrons. The molecule has 0 aliphatic rings. The van der Waals surface area contributed by atoms with Gasteiger partial charge in [-0.2, -0.15) is 0 Å². The van der Waals surface area contributed by atoms with Crippen LogP contribution in [0, 0.1) is 5.92 Å². The molecule has 0 heterocycles. The van der Waals surface area contributed by atoms with E-state index in [0.717, 1.165) is 25.7 Å². The van der Waals surface area contributed by atoms with Gasteiger partial charge in [-0.1, -0.05) is 26.7 Å². The van der Waals surface area contributed by atoms with Crippen molar-refractivity contribution in [1.29, 1.82) is 0 Å². The topological polar surface area (TPSA) is 46.6 Å². The molecule has 0 saturated heterocycles. The first-order valence-electron chi connectivity index (χ1n) is 6.38. The fourth-order valence-electron chi connectivity index (χ4n) is 1.74. The number of hydrogen-bond acceptors (Lipinski definition) is 3. The monoisotopic (exact) mass is 243 g/mol. The van der Waals surface area contributed by atoms with E-state index in [1.807, 2.05) is 6.92 Å². The lowest BCUT2D eigenvalue weighted by molar-refractivity contribution is -0.142. The number of carbonyl (C=O) groups is 2. The minimum absolute atomic E-state index is 0.0950. The van der Waals surface area contributed by atoms with Crippen LogP contribution in [0.2, 0.25) is 0 Å². The lowest BCUT2D eigenvalue weighted by Gasteiger charge is -2.22. The molecule has 0 fully saturated rings. The molecule has 0 radical (unpaired) electrons. The highest BCUT2D eigenvalue weighted by atomic mass is 16.5. The van der Waals surface area contributed by atoms with Gasteiger partial charge in [0.2, 0.25) is 5.91 Å². The number of carbonyl (C=O) groups excluding carboxylic acids is 2. The first kappa shape index (κ1) is 15.9. The molecular formula is C13H25NO3. The minimum Gasteiger partial charge on any atom is -0.469 e. The van der Waals surface area contributed by atoms with E-state index >= 15 is 0 Å². The highest BCUT2D eigenvalue weighted by molar-refractivity contribution is 5.79. The van der Waals surface area contributed by atoms with Gasteiger partial charge in [-0.3, -0.25) is 9.59 Å². The van der Waals surface area contributed by atoms with Crippen LogP contribution in [-0.4, -0.2) is 37.5 Å². The minimum atomic E-state index is -0.272. The Morgan fingerprint density at radius 3 is 2.41 bits per heavy atom. The summed E-state index contributed by atoms with van der Waals surface area (Å²) in [6.07, 6.45) is 4.25. The van der Waals surface area contributed by atoms with E-state index in [-0.39, 0.29) is 24.2 Å². The molecule has 0 aliphatic heterocycles. The van der Waals surface area contributed by atoms with Gasteiger partial charge in [-0.05, 0) is 12.8 Å². The molecular weight excluding hydrogens is 218 g/mol. The standard InChI is InChI=1S/C13H25NO3/c1-5-7-8-11(6-2)13(16)14(3)10-9-12(15)17-4/h11H,5-10H2,1-4H3. The zero-order chi connectivity index (χ0) is 13.3. The van der Waals surface area contributed by atoms with Gasteiger partial charge >= 0.3 is 5.97 Å². The molecule has 0 N–H and O–H groups in total. The number of methoxy groups -OCH3 is 1. The molecule has 0 aromatic heterocycles. The SMILES string of the molecule is CCCCC(CC)C(=O)N(C)CCC(=O)OC. The fraction of sp³-hybridized carbons (Fsp3) is 0.846. The first-order valence-corrected chi connectivity index (χ1v) is 6.38. The lowest BCUT2D eigenvalue weighted by Crippen LogP contribution is -2.34. The number of rotatable bonds is 8. The van der Waals surface area contributed by atoms with E-state index in [9.17, 15) is 9.59 Å². The highest BCUT2D eigenvalue weighted by Crippen LogP contribution is 2.15. The third-order valence-corrected chi connectivity index (χ3v) is 3.00. The van der Waals surface area contributed by atoms with Crippen LogP contribution in [-0.2, 0) is 14.3 Å². The van der Waals surface area contributed by atoms with E-state index in [4.69, 9.17) is 0 Å². The normalized spacial score (nSPS) is 12.0. The van der Waals surface area contributed by atoms with Crippen LogP contribution in [0.25, 0.3) is 0 Å². The summed E-state index contributed by atoms with van der Waals surface area (Å²) in [5, 5.41) is 0. The summed E-state index contributed by atoms with van der Waals surface area (Å²) >= 11 is 0. The largest absolute Gasteiger partial charge is 0.469 e. The van der Waals surface area contributed by atoms with Crippen LogP contribution in [0.5, 0.6) is 0 Å². The molecule has 0 saturated carbocycles. The average molecular weight is 243 g/mol. The molecule has 0 aromatic rings. The van der Waals surface area contributed by atoms with Gasteiger partial charge in [-0.25, -0.2) is 0 Å². The second-order valence-corrected chi connectivity index (χ2v) is 4.33. The van der Waals surface area contributed by atoms with Gasteiger partial charge in [0.15, 0.2) is 0 Å². The zero-order valence-electron chi connectivity index (χ0n) is 11.5. The molecule has 0 spiro atoms. The number of nitrogens with zero attached hydrogens (tertiary/aromatic N) is 1. The summed E-state index contributed by atoms with van der Waals surface area (Å²) in [5.41, 5.74) is 0. The Balaban J connectivity index is 4.11. The second kappa shape index (κ2) is 9.02. The van der Waals surface area contributed by atoms with Gasteiger partial charge in [0.1, 0.15) is 0 Å². The molecule has 1 amide bonds. The summed E-state index contributed by atoms with van der Waals surface area (Å²) in [4.78, 5) is 24.7. The van der Waals surface area contributed by atoms with Crippen molar-refractivity contribution in [3.05, 3.63) is 0 Å². The lowest BCUT2D eigenvalue weighted by atomic mass is 9.98. The average Bonchev–Trinajstić information content (AvgIpc) is 2.35. The maximum Gasteiger partial charge on any atom is 0.307 e. The number of esters is 1. The van der Waals surface area contributed by atoms with Gasteiger partial charge < -0.3 is 9.64 Å². The third-order valence-electron chi connectivity index (χ3n) is 3.00. The van der Waals surface area contributed by atoms with Crippen LogP contribution >= 0.6 is 0 Å². The number of ether oxygens (including phenoxy) is 1. The van der Waals surface area contributed by atoms with Crippen LogP contribution < -0.4 is 0 Å². The molecule has 4 heteroatoms. The predicted molar refractivity (Wildman–Crippen MR) is 67.6 cm³/mol. The molecule has 1 atom stereocenters. The Bertz CT molecular complexity index is 241. The van der Waals surface area contributed by atoms with Crippen LogP contribution in [0.3, 0.4) is 0 Å². The van der Waals surface area contributed by atoms with E-state index < -0.39 is 0 Å². The molecule has 0 rings (SSSR count). The maximum atomic E-state index is 12.1. The number of unbranched alkanes of at least 4 members (excludes halogenated alkanes) is 1. The van der Waals surface area contributed by atoms with E-state index in [1.165, 1.54) is 7.11 Å². The Labute approximate surface area is 104 Å². The van der Waals surface area contributed by atoms with Gasteiger partial charge in [0, 0.05) is 19.5 Å². The van der Waals surface area contributed by atoms with Crippen molar-refractivity contribution >= 4 is 11.9 Å². The third kappa shape index (κ3) is 6.29. The van der Waals surface area contributed by atoms with Crippen LogP contribution in [0.4, 0.5) is 0 Å². The Morgan fingerprint density at radius 1 is 1.29 bits per heavy atom. The molecule has 1 unspecified atom stereocenters. The predicted octanol–water partition coefficient (Wildman–Crippen LogP) is 2.22. The second-order valence-electron chi connectivity index (χ2n) is 4.33. The van der Waals surface area contributed by atoms with Crippen molar-refractivity contribution in [2.24, 2.45) is 5.92 Å². The Hall–Kier alpha value is -1.06. The van der Waals surface area contributed by atoms with Crippen LogP contribution in [0.1, 0.15) is 46.0 Å². The summed E-state index contributed by atoms with van der Waals surface area (Å²) in [6.45, 7) is 4.60. The molecule has 0 aromatic carbocycles. The maximum absolute atomic E-state index is 12.1. The van der Waals surface area contributed by atoms with Gasteiger partial charge in [0.25, 0.3) is 0 Å². The number of amides is 1. The first-order chi connectivity index (χ1) is 8.06. The fourth-order valence-corrected chi connectivity index (χ4v) is 1.74. The summed E-state index contributed by atoms with van der Waals surface area (Å²) in [7, 11) is 3.11. The Kier molecular flexibility index (Phi) is 8.46. The molecule has 4 nitrogen and oxygen atoms in total. The smallest absolute Gasteiger partial charge is 0.307 e. The van der Waals surface area contributed by atoms with Gasteiger partial charge in [-0.15, -0.1) is 0 Å².